The van der Waals surface area contributed by atoms with Crippen LogP contribution in [0.3, 0.4) is 0 Å². The summed E-state index contributed by atoms with van der Waals surface area (Å²) >= 11 is 0. The number of hydrogen-bond acceptors (Lipinski definition) is 4. The zero-order valence-electron chi connectivity index (χ0n) is 16.9. The third-order valence-corrected chi connectivity index (χ3v) is 4.64. The van der Waals surface area contributed by atoms with E-state index < -0.39 is 0 Å². The number of para-hydroxylation sites is 1. The van der Waals surface area contributed by atoms with Crippen LogP contribution in [0.1, 0.15) is 11.1 Å². The second kappa shape index (κ2) is 10.0. The molecule has 6 nitrogen and oxygen atoms in total. The first-order chi connectivity index (χ1) is 15.3. The summed E-state index contributed by atoms with van der Waals surface area (Å²) in [5, 5.41) is 5.64. The fraction of sp³-hybridized carbons (Fsp3) is 0.0800. The van der Waals surface area contributed by atoms with E-state index in [2.05, 4.69) is 20.6 Å². The molecule has 4 aromatic rings. The topological polar surface area (TPSA) is 76.1 Å². The Hall–Kier alpha value is -4.19. The van der Waals surface area contributed by atoms with Gasteiger partial charge < -0.3 is 15.4 Å². The fourth-order valence-corrected chi connectivity index (χ4v) is 3.06. The second-order valence-corrected chi connectivity index (χ2v) is 6.89. The number of nitrogens with zero attached hydrogens (tertiary/aromatic N) is 2. The number of carbonyl (C=O) groups excluding carboxylic acids is 1. The van der Waals surface area contributed by atoms with Crippen LogP contribution in [0.15, 0.2) is 97.6 Å². The van der Waals surface area contributed by atoms with Crippen LogP contribution in [0, 0.1) is 0 Å². The summed E-state index contributed by atoms with van der Waals surface area (Å²) in [5.74, 6) is 0.799. The third kappa shape index (κ3) is 5.67. The number of rotatable bonds is 7. The summed E-state index contributed by atoms with van der Waals surface area (Å²) < 4.78 is 6.05. The van der Waals surface area contributed by atoms with Crippen molar-refractivity contribution in [1.29, 1.82) is 0 Å². The van der Waals surface area contributed by atoms with Crippen LogP contribution in [0.2, 0.25) is 0 Å². The highest BCUT2D eigenvalue weighted by Gasteiger charge is 2.07. The highest BCUT2D eigenvalue weighted by atomic mass is 16.5. The first-order valence-electron chi connectivity index (χ1n) is 9.93. The van der Waals surface area contributed by atoms with Gasteiger partial charge in [-0.25, -0.2) is 4.79 Å². The zero-order chi connectivity index (χ0) is 21.3. The number of nitrogens with one attached hydrogen (secondary N) is 2. The van der Waals surface area contributed by atoms with Crippen LogP contribution in [0.5, 0.6) is 5.75 Å². The van der Waals surface area contributed by atoms with Crippen molar-refractivity contribution in [3.63, 3.8) is 0 Å². The summed E-state index contributed by atoms with van der Waals surface area (Å²) in [6.07, 6.45) is 7.00. The van der Waals surface area contributed by atoms with Crippen LogP contribution in [0.25, 0.3) is 11.1 Å². The van der Waals surface area contributed by atoms with E-state index in [-0.39, 0.29) is 6.03 Å². The predicted octanol–water partition coefficient (Wildman–Crippen LogP) is 5.04. The summed E-state index contributed by atoms with van der Waals surface area (Å²) in [6.45, 7) is 0.840. The molecule has 0 bridgehead atoms. The van der Waals surface area contributed by atoms with E-state index in [9.17, 15) is 4.79 Å². The fourth-order valence-electron chi connectivity index (χ4n) is 3.06. The maximum Gasteiger partial charge on any atom is 0.319 e. The van der Waals surface area contributed by atoms with Crippen LogP contribution in [-0.2, 0) is 13.2 Å². The third-order valence-electron chi connectivity index (χ3n) is 4.64. The van der Waals surface area contributed by atoms with Gasteiger partial charge in [0.15, 0.2) is 0 Å². The van der Waals surface area contributed by atoms with Crippen molar-refractivity contribution in [3.8, 4) is 16.9 Å². The van der Waals surface area contributed by atoms with Crippen LogP contribution in [-0.4, -0.2) is 16.0 Å². The standard InChI is InChI=1S/C25H22N4O2/c30-25(28-16-20-5-3-13-26-15-20)29-22-11-9-19(10-12-22)18-31-24-8-2-1-7-23(24)21-6-4-14-27-17-21/h1-15,17H,16,18H2,(H2,28,29,30). The number of anilines is 1. The normalized spacial score (nSPS) is 10.3. The lowest BCUT2D eigenvalue weighted by Gasteiger charge is -2.12. The number of benzene rings is 2. The van der Waals surface area contributed by atoms with Gasteiger partial charge in [0.2, 0.25) is 0 Å². The average Bonchev–Trinajstić information content (AvgIpc) is 2.84. The number of aromatic nitrogens is 2. The Morgan fingerprint density at radius 3 is 2.32 bits per heavy atom. The van der Waals surface area contributed by atoms with E-state index in [1.165, 1.54) is 0 Å². The molecule has 0 atom stereocenters. The molecular weight excluding hydrogens is 388 g/mol. The zero-order valence-corrected chi connectivity index (χ0v) is 16.9. The second-order valence-electron chi connectivity index (χ2n) is 6.89. The highest BCUT2D eigenvalue weighted by molar-refractivity contribution is 5.89. The molecule has 0 spiro atoms. The van der Waals surface area contributed by atoms with Crippen molar-refractivity contribution in [1.82, 2.24) is 15.3 Å². The Morgan fingerprint density at radius 1 is 0.806 bits per heavy atom. The molecule has 154 valence electrons. The quantitative estimate of drug-likeness (QED) is 0.447. The highest BCUT2D eigenvalue weighted by Crippen LogP contribution is 2.29. The molecule has 0 aliphatic rings. The van der Waals surface area contributed by atoms with Gasteiger partial charge in [-0.3, -0.25) is 9.97 Å². The number of hydrogen-bond donors (Lipinski definition) is 2. The van der Waals surface area contributed by atoms with Gasteiger partial charge in [-0.1, -0.05) is 42.5 Å². The largest absolute Gasteiger partial charge is 0.488 e. The molecular formula is C25H22N4O2. The molecule has 0 unspecified atom stereocenters. The molecule has 0 fully saturated rings. The van der Waals surface area contributed by atoms with E-state index in [4.69, 9.17) is 4.74 Å². The van der Waals surface area contributed by atoms with Gasteiger partial charge in [0.05, 0.1) is 0 Å². The van der Waals surface area contributed by atoms with E-state index in [1.54, 1.807) is 18.6 Å². The van der Waals surface area contributed by atoms with Gasteiger partial charge in [-0.15, -0.1) is 0 Å². The molecule has 0 aliphatic heterocycles. The summed E-state index contributed by atoms with van der Waals surface area (Å²) in [7, 11) is 0. The Balaban J connectivity index is 1.32. The number of urea groups is 1. The minimum absolute atomic E-state index is 0.266. The van der Waals surface area contributed by atoms with Crippen molar-refractivity contribution in [2.45, 2.75) is 13.2 Å². The Labute approximate surface area is 181 Å². The molecule has 6 heteroatoms. The predicted molar refractivity (Wildman–Crippen MR) is 121 cm³/mol. The van der Waals surface area contributed by atoms with Crippen LogP contribution < -0.4 is 15.4 Å². The monoisotopic (exact) mass is 410 g/mol. The molecule has 0 saturated heterocycles. The van der Waals surface area contributed by atoms with E-state index >= 15 is 0 Å². The number of carbonyl (C=O) groups is 1. The summed E-state index contributed by atoms with van der Waals surface area (Å²) in [6, 6.07) is 22.9. The summed E-state index contributed by atoms with van der Waals surface area (Å²) in [4.78, 5) is 20.3. The van der Waals surface area contributed by atoms with E-state index in [0.29, 0.717) is 18.8 Å². The van der Waals surface area contributed by atoms with E-state index in [0.717, 1.165) is 28.0 Å². The van der Waals surface area contributed by atoms with Gasteiger partial charge in [0.25, 0.3) is 0 Å². The van der Waals surface area contributed by atoms with Gasteiger partial charge in [-0.2, -0.15) is 0 Å². The van der Waals surface area contributed by atoms with Crippen molar-refractivity contribution >= 4 is 11.7 Å². The van der Waals surface area contributed by atoms with Crippen molar-refractivity contribution in [3.05, 3.63) is 109 Å². The Morgan fingerprint density at radius 2 is 1.58 bits per heavy atom. The molecule has 31 heavy (non-hydrogen) atoms. The van der Waals surface area contributed by atoms with Gasteiger partial charge in [-0.05, 0) is 41.5 Å². The Kier molecular flexibility index (Phi) is 6.50. The smallest absolute Gasteiger partial charge is 0.319 e. The number of ether oxygens (including phenoxy) is 1. The minimum atomic E-state index is -0.266. The molecule has 2 aromatic carbocycles. The first-order valence-corrected chi connectivity index (χ1v) is 9.93. The Bertz CT molecular complexity index is 1120. The van der Waals surface area contributed by atoms with Gasteiger partial charge in [0, 0.05) is 48.1 Å². The molecule has 0 radical (unpaired) electrons. The molecule has 2 amide bonds. The minimum Gasteiger partial charge on any atom is -0.488 e. The lowest BCUT2D eigenvalue weighted by molar-refractivity contribution is 0.251. The lowest BCUT2D eigenvalue weighted by Crippen LogP contribution is -2.28. The molecule has 0 aliphatic carbocycles. The van der Waals surface area contributed by atoms with Gasteiger partial charge in [0.1, 0.15) is 12.4 Å². The number of amides is 2. The van der Waals surface area contributed by atoms with Crippen molar-refractivity contribution in [2.24, 2.45) is 0 Å². The summed E-state index contributed by atoms with van der Waals surface area (Å²) in [5.41, 5.74) is 4.66. The maximum absolute atomic E-state index is 12.1. The average molecular weight is 410 g/mol. The van der Waals surface area contributed by atoms with Crippen molar-refractivity contribution in [2.75, 3.05) is 5.32 Å². The maximum atomic E-state index is 12.1. The van der Waals surface area contributed by atoms with Crippen LogP contribution >= 0.6 is 0 Å². The van der Waals surface area contributed by atoms with Gasteiger partial charge >= 0.3 is 6.03 Å². The molecule has 2 heterocycles. The number of pyridine rings is 2. The molecule has 0 saturated carbocycles. The molecule has 2 aromatic heterocycles. The lowest BCUT2D eigenvalue weighted by atomic mass is 10.1. The first kappa shape index (κ1) is 20.1. The van der Waals surface area contributed by atoms with E-state index in [1.807, 2.05) is 79.0 Å². The van der Waals surface area contributed by atoms with Crippen LogP contribution in [0.4, 0.5) is 10.5 Å². The SMILES string of the molecule is O=C(NCc1cccnc1)Nc1ccc(COc2ccccc2-c2cccnc2)cc1. The molecule has 4 rings (SSSR count). The van der Waals surface area contributed by atoms with Crippen molar-refractivity contribution < 1.29 is 9.53 Å². The molecule has 2 N–H and O–H groups in total.